The van der Waals surface area contributed by atoms with Crippen molar-refractivity contribution < 1.29 is 23.1 Å². The smallest absolute Gasteiger partial charge is 0.303 e. The molecule has 22 heavy (non-hydrogen) atoms. The number of alkyl halides is 2. The van der Waals surface area contributed by atoms with Crippen LogP contribution in [0.2, 0.25) is 0 Å². The van der Waals surface area contributed by atoms with Gasteiger partial charge in [0.05, 0.1) is 12.7 Å². The standard InChI is InChI=1S/C13H10F2N4O3/c14-12(15)8-6-7(9-2-1-5-22-9)16-13-17-10(18-19(8)13)3-4-11(20)21/h1-2,5-6,12H,3-4H2,(H,20,21). The van der Waals surface area contributed by atoms with Gasteiger partial charge in [-0.1, -0.05) is 0 Å². The Morgan fingerprint density at radius 3 is 2.86 bits per heavy atom. The predicted molar refractivity (Wildman–Crippen MR) is 69.4 cm³/mol. The topological polar surface area (TPSA) is 93.5 Å². The fraction of sp³-hybridized carbons (Fsp3) is 0.231. The lowest BCUT2D eigenvalue weighted by Crippen LogP contribution is -2.03. The zero-order chi connectivity index (χ0) is 15.7. The van der Waals surface area contributed by atoms with Gasteiger partial charge in [-0.2, -0.15) is 9.50 Å². The molecule has 0 fully saturated rings. The minimum atomic E-state index is -2.78. The van der Waals surface area contributed by atoms with E-state index < -0.39 is 12.4 Å². The van der Waals surface area contributed by atoms with Crippen LogP contribution in [0.15, 0.2) is 28.9 Å². The van der Waals surface area contributed by atoms with Gasteiger partial charge in [0.15, 0.2) is 11.6 Å². The maximum absolute atomic E-state index is 13.2. The fourth-order valence-electron chi connectivity index (χ4n) is 1.96. The number of halogens is 2. The number of carbonyl (C=O) groups is 1. The van der Waals surface area contributed by atoms with Gasteiger partial charge in [-0.25, -0.2) is 13.8 Å². The number of hydrogen-bond donors (Lipinski definition) is 1. The van der Waals surface area contributed by atoms with Crippen LogP contribution >= 0.6 is 0 Å². The number of furan rings is 1. The maximum Gasteiger partial charge on any atom is 0.303 e. The highest BCUT2D eigenvalue weighted by Gasteiger charge is 2.19. The first-order valence-electron chi connectivity index (χ1n) is 6.35. The molecule has 1 N–H and O–H groups in total. The first kappa shape index (κ1) is 14.1. The molecule has 3 aromatic heterocycles. The molecular weight excluding hydrogens is 298 g/mol. The summed E-state index contributed by atoms with van der Waals surface area (Å²) in [6.45, 7) is 0. The molecule has 3 heterocycles. The molecule has 0 unspecified atom stereocenters. The molecule has 0 aliphatic rings. The van der Waals surface area contributed by atoms with Gasteiger partial charge in [0.25, 0.3) is 12.2 Å². The van der Waals surface area contributed by atoms with E-state index in [1.54, 1.807) is 12.1 Å². The lowest BCUT2D eigenvalue weighted by atomic mass is 10.2. The van der Waals surface area contributed by atoms with Gasteiger partial charge in [-0.05, 0) is 18.2 Å². The molecule has 0 aromatic carbocycles. The molecular formula is C13H10F2N4O3. The second-order valence-corrected chi connectivity index (χ2v) is 4.48. The highest BCUT2D eigenvalue weighted by Crippen LogP contribution is 2.25. The lowest BCUT2D eigenvalue weighted by molar-refractivity contribution is -0.137. The number of nitrogens with zero attached hydrogens (tertiary/aromatic N) is 4. The molecule has 0 atom stereocenters. The molecule has 0 saturated heterocycles. The maximum atomic E-state index is 13.2. The fourth-order valence-corrected chi connectivity index (χ4v) is 1.96. The zero-order valence-corrected chi connectivity index (χ0v) is 11.1. The van der Waals surface area contributed by atoms with E-state index in [0.717, 1.165) is 4.52 Å². The molecule has 0 saturated carbocycles. The van der Waals surface area contributed by atoms with Crippen LogP contribution in [0, 0.1) is 0 Å². The number of rotatable bonds is 5. The van der Waals surface area contributed by atoms with Crippen molar-refractivity contribution in [2.75, 3.05) is 0 Å². The largest absolute Gasteiger partial charge is 0.481 e. The number of hydrogen-bond acceptors (Lipinski definition) is 5. The number of fused-ring (bicyclic) bond motifs is 1. The van der Waals surface area contributed by atoms with Crippen molar-refractivity contribution >= 4 is 11.7 Å². The van der Waals surface area contributed by atoms with Crippen molar-refractivity contribution in [3.8, 4) is 11.5 Å². The normalized spacial score (nSPS) is 11.4. The summed E-state index contributed by atoms with van der Waals surface area (Å²) in [5, 5.41) is 12.5. The monoisotopic (exact) mass is 308 g/mol. The Morgan fingerprint density at radius 1 is 1.41 bits per heavy atom. The Hall–Kier alpha value is -2.84. The van der Waals surface area contributed by atoms with Crippen LogP contribution in [-0.4, -0.2) is 30.7 Å². The van der Waals surface area contributed by atoms with Crippen molar-refractivity contribution in [3.63, 3.8) is 0 Å². The van der Waals surface area contributed by atoms with E-state index in [2.05, 4.69) is 15.1 Å². The Kier molecular flexibility index (Phi) is 3.53. The van der Waals surface area contributed by atoms with E-state index in [1.807, 2.05) is 0 Å². The summed E-state index contributed by atoms with van der Waals surface area (Å²) >= 11 is 0. The van der Waals surface area contributed by atoms with E-state index in [4.69, 9.17) is 9.52 Å². The summed E-state index contributed by atoms with van der Waals surface area (Å²) in [4.78, 5) is 18.7. The van der Waals surface area contributed by atoms with Gasteiger partial charge < -0.3 is 9.52 Å². The molecule has 3 aromatic rings. The van der Waals surface area contributed by atoms with Gasteiger partial charge in [0.1, 0.15) is 11.4 Å². The van der Waals surface area contributed by atoms with Gasteiger partial charge in [0.2, 0.25) is 0 Å². The zero-order valence-electron chi connectivity index (χ0n) is 11.1. The number of aryl methyl sites for hydroxylation is 1. The van der Waals surface area contributed by atoms with E-state index in [0.29, 0.717) is 5.76 Å². The molecule has 9 heteroatoms. The summed E-state index contributed by atoms with van der Waals surface area (Å²) in [7, 11) is 0. The lowest BCUT2D eigenvalue weighted by Gasteiger charge is -2.04. The summed E-state index contributed by atoms with van der Waals surface area (Å²) in [6.07, 6.45) is -1.53. The summed E-state index contributed by atoms with van der Waals surface area (Å²) in [6, 6.07) is 4.38. The Balaban J connectivity index is 2.08. The molecule has 3 rings (SSSR count). The highest BCUT2D eigenvalue weighted by molar-refractivity contribution is 5.66. The first-order chi connectivity index (χ1) is 10.5. The average Bonchev–Trinajstić information content (AvgIpc) is 3.12. The van der Waals surface area contributed by atoms with E-state index in [1.165, 1.54) is 12.3 Å². The molecule has 7 nitrogen and oxygen atoms in total. The Bertz CT molecular complexity index is 814. The van der Waals surface area contributed by atoms with Crippen LogP contribution in [0.3, 0.4) is 0 Å². The average molecular weight is 308 g/mol. The Labute approximate surface area is 122 Å². The van der Waals surface area contributed by atoms with Crippen LogP contribution in [-0.2, 0) is 11.2 Å². The van der Waals surface area contributed by atoms with Gasteiger partial charge >= 0.3 is 5.97 Å². The van der Waals surface area contributed by atoms with Crippen molar-refractivity contribution in [1.82, 2.24) is 19.6 Å². The van der Waals surface area contributed by atoms with Crippen molar-refractivity contribution in [2.24, 2.45) is 0 Å². The quantitative estimate of drug-likeness (QED) is 0.777. The van der Waals surface area contributed by atoms with Crippen LogP contribution in [0.25, 0.3) is 17.2 Å². The van der Waals surface area contributed by atoms with Crippen LogP contribution < -0.4 is 0 Å². The van der Waals surface area contributed by atoms with Crippen LogP contribution in [0.1, 0.15) is 24.4 Å². The molecule has 0 amide bonds. The minimum Gasteiger partial charge on any atom is -0.481 e. The predicted octanol–water partition coefficient (Wildman–Crippen LogP) is 2.34. The third-order valence-electron chi connectivity index (χ3n) is 2.94. The van der Waals surface area contributed by atoms with Gasteiger partial charge in [0, 0.05) is 6.42 Å². The second-order valence-electron chi connectivity index (χ2n) is 4.48. The van der Waals surface area contributed by atoms with Crippen molar-refractivity contribution in [1.29, 1.82) is 0 Å². The number of aromatic nitrogens is 4. The Morgan fingerprint density at radius 2 is 2.23 bits per heavy atom. The second kappa shape index (κ2) is 5.51. The number of carboxylic acids is 1. The van der Waals surface area contributed by atoms with Gasteiger partial charge in [-0.15, -0.1) is 5.10 Å². The van der Waals surface area contributed by atoms with Crippen molar-refractivity contribution in [2.45, 2.75) is 19.3 Å². The summed E-state index contributed by atoms with van der Waals surface area (Å²) in [5.41, 5.74) is -0.171. The summed E-state index contributed by atoms with van der Waals surface area (Å²) in [5.74, 6) is -0.561. The van der Waals surface area contributed by atoms with Crippen LogP contribution in [0.4, 0.5) is 8.78 Å². The number of aliphatic carboxylic acids is 1. The molecule has 0 aliphatic carbocycles. The summed E-state index contributed by atoms with van der Waals surface area (Å²) < 4.78 is 32.5. The van der Waals surface area contributed by atoms with Crippen molar-refractivity contribution in [3.05, 3.63) is 36.0 Å². The molecule has 0 spiro atoms. The number of carboxylic acid groups (broad SMARTS) is 1. The van der Waals surface area contributed by atoms with Crippen LogP contribution in [0.5, 0.6) is 0 Å². The minimum absolute atomic E-state index is 0.0235. The first-order valence-corrected chi connectivity index (χ1v) is 6.35. The molecule has 0 bridgehead atoms. The van der Waals surface area contributed by atoms with E-state index >= 15 is 0 Å². The molecule has 0 radical (unpaired) electrons. The third-order valence-corrected chi connectivity index (χ3v) is 2.94. The molecule has 114 valence electrons. The van der Waals surface area contributed by atoms with E-state index in [9.17, 15) is 13.6 Å². The third kappa shape index (κ3) is 2.65. The van der Waals surface area contributed by atoms with E-state index in [-0.39, 0.29) is 35.8 Å². The SMILES string of the molecule is O=C(O)CCc1nc2nc(-c3ccco3)cc(C(F)F)n2n1. The highest BCUT2D eigenvalue weighted by atomic mass is 19.3. The molecule has 0 aliphatic heterocycles. The van der Waals surface area contributed by atoms with Gasteiger partial charge in [-0.3, -0.25) is 4.79 Å².